The SMILES string of the molecule is CCNC(=O)[C@H](C)N(Cc1cccc(C)c1)C(=O)COc1ccc(Cl)cc1. The number of benzene rings is 2. The van der Waals surface area contributed by atoms with E-state index in [-0.39, 0.29) is 18.4 Å². The van der Waals surface area contributed by atoms with Crippen molar-refractivity contribution in [3.63, 3.8) is 0 Å². The highest BCUT2D eigenvalue weighted by Gasteiger charge is 2.26. The molecule has 1 N–H and O–H groups in total. The second-order valence-corrected chi connectivity index (χ2v) is 6.76. The minimum Gasteiger partial charge on any atom is -0.484 e. The summed E-state index contributed by atoms with van der Waals surface area (Å²) in [6.07, 6.45) is 0. The third kappa shape index (κ3) is 6.29. The van der Waals surface area contributed by atoms with Crippen LogP contribution < -0.4 is 10.1 Å². The Morgan fingerprint density at radius 1 is 1.19 bits per heavy atom. The van der Waals surface area contributed by atoms with E-state index in [1.807, 2.05) is 38.1 Å². The number of nitrogens with one attached hydrogen (secondary N) is 1. The molecule has 0 bridgehead atoms. The topological polar surface area (TPSA) is 58.6 Å². The van der Waals surface area contributed by atoms with Crippen LogP contribution in [0, 0.1) is 6.92 Å². The van der Waals surface area contributed by atoms with Crippen LogP contribution in [0.4, 0.5) is 0 Å². The van der Waals surface area contributed by atoms with Gasteiger partial charge in [-0.15, -0.1) is 0 Å². The minimum absolute atomic E-state index is 0.156. The standard InChI is InChI=1S/C21H25ClN2O3/c1-4-23-21(26)16(3)24(13-17-7-5-6-15(2)12-17)20(25)14-27-19-10-8-18(22)9-11-19/h5-12,16H,4,13-14H2,1-3H3,(H,23,26)/t16-/m0/s1. The normalized spacial score (nSPS) is 11.6. The lowest BCUT2D eigenvalue weighted by Crippen LogP contribution is -2.49. The summed E-state index contributed by atoms with van der Waals surface area (Å²) < 4.78 is 5.57. The van der Waals surface area contributed by atoms with E-state index in [1.165, 1.54) is 4.90 Å². The monoisotopic (exact) mass is 388 g/mol. The molecule has 2 aromatic carbocycles. The summed E-state index contributed by atoms with van der Waals surface area (Å²) >= 11 is 5.86. The van der Waals surface area contributed by atoms with Gasteiger partial charge in [-0.05, 0) is 50.6 Å². The Kier molecular flexibility index (Phi) is 7.67. The van der Waals surface area contributed by atoms with Gasteiger partial charge in [-0.3, -0.25) is 9.59 Å². The average molecular weight is 389 g/mol. The number of halogens is 1. The summed E-state index contributed by atoms with van der Waals surface area (Å²) in [5.74, 6) is 0.101. The van der Waals surface area contributed by atoms with E-state index in [0.29, 0.717) is 23.9 Å². The molecule has 0 unspecified atom stereocenters. The zero-order valence-electron chi connectivity index (χ0n) is 15.9. The first-order valence-electron chi connectivity index (χ1n) is 8.91. The summed E-state index contributed by atoms with van der Waals surface area (Å²) in [5, 5.41) is 3.37. The van der Waals surface area contributed by atoms with Crippen molar-refractivity contribution in [3.05, 3.63) is 64.7 Å². The molecule has 0 aliphatic rings. The molecule has 0 heterocycles. The van der Waals surface area contributed by atoms with Crippen LogP contribution in [-0.2, 0) is 16.1 Å². The van der Waals surface area contributed by atoms with Gasteiger partial charge < -0.3 is 15.0 Å². The van der Waals surface area contributed by atoms with Crippen LogP contribution in [0.25, 0.3) is 0 Å². The second kappa shape index (κ2) is 9.97. The fourth-order valence-corrected chi connectivity index (χ4v) is 2.80. The lowest BCUT2D eigenvalue weighted by Gasteiger charge is -2.28. The van der Waals surface area contributed by atoms with E-state index < -0.39 is 6.04 Å². The lowest BCUT2D eigenvalue weighted by molar-refractivity contribution is -0.142. The highest BCUT2D eigenvalue weighted by Crippen LogP contribution is 2.16. The lowest BCUT2D eigenvalue weighted by atomic mass is 10.1. The smallest absolute Gasteiger partial charge is 0.261 e. The summed E-state index contributed by atoms with van der Waals surface area (Å²) in [6.45, 7) is 6.26. The zero-order valence-corrected chi connectivity index (χ0v) is 16.6. The molecule has 0 fully saturated rings. The number of hydrogen-bond acceptors (Lipinski definition) is 3. The molecule has 0 aliphatic carbocycles. The fourth-order valence-electron chi connectivity index (χ4n) is 2.67. The Labute approximate surface area is 165 Å². The molecule has 1 atom stereocenters. The maximum Gasteiger partial charge on any atom is 0.261 e. The molecule has 27 heavy (non-hydrogen) atoms. The number of nitrogens with zero attached hydrogens (tertiary/aromatic N) is 1. The van der Waals surface area contributed by atoms with Crippen molar-refractivity contribution in [2.75, 3.05) is 13.2 Å². The van der Waals surface area contributed by atoms with Gasteiger partial charge in [-0.1, -0.05) is 41.4 Å². The van der Waals surface area contributed by atoms with Gasteiger partial charge in [-0.2, -0.15) is 0 Å². The van der Waals surface area contributed by atoms with Gasteiger partial charge in [0.05, 0.1) is 0 Å². The Hall–Kier alpha value is -2.53. The predicted octanol–water partition coefficient (Wildman–Crippen LogP) is 3.58. The van der Waals surface area contributed by atoms with Gasteiger partial charge in [0, 0.05) is 18.1 Å². The van der Waals surface area contributed by atoms with Gasteiger partial charge in [0.15, 0.2) is 6.61 Å². The molecule has 0 aliphatic heterocycles. The van der Waals surface area contributed by atoms with Crippen molar-refractivity contribution in [1.29, 1.82) is 0 Å². The number of carbonyl (C=O) groups excluding carboxylic acids is 2. The van der Waals surface area contributed by atoms with E-state index in [2.05, 4.69) is 5.32 Å². The van der Waals surface area contributed by atoms with Crippen molar-refractivity contribution in [2.24, 2.45) is 0 Å². The number of carbonyl (C=O) groups is 2. The van der Waals surface area contributed by atoms with Crippen LogP contribution in [0.2, 0.25) is 5.02 Å². The molecule has 2 aromatic rings. The third-order valence-electron chi connectivity index (χ3n) is 4.13. The van der Waals surface area contributed by atoms with Crippen LogP contribution >= 0.6 is 11.6 Å². The number of likely N-dealkylation sites (N-methyl/N-ethyl adjacent to an activating group) is 1. The highest BCUT2D eigenvalue weighted by atomic mass is 35.5. The predicted molar refractivity (Wildman–Crippen MR) is 107 cm³/mol. The first-order chi connectivity index (χ1) is 12.9. The number of aryl methyl sites for hydroxylation is 1. The van der Waals surface area contributed by atoms with Crippen LogP contribution in [0.1, 0.15) is 25.0 Å². The molecule has 0 saturated carbocycles. The Bertz CT molecular complexity index is 777. The van der Waals surface area contributed by atoms with Gasteiger partial charge in [-0.25, -0.2) is 0 Å². The molecule has 144 valence electrons. The Balaban J connectivity index is 2.12. The molecule has 0 spiro atoms. The quantitative estimate of drug-likeness (QED) is 0.751. The molecule has 0 radical (unpaired) electrons. The molecule has 6 heteroatoms. The van der Waals surface area contributed by atoms with E-state index in [1.54, 1.807) is 31.2 Å². The minimum atomic E-state index is -0.605. The van der Waals surface area contributed by atoms with Gasteiger partial charge >= 0.3 is 0 Å². The number of ether oxygens (including phenoxy) is 1. The first-order valence-corrected chi connectivity index (χ1v) is 9.29. The average Bonchev–Trinajstić information content (AvgIpc) is 2.65. The van der Waals surface area contributed by atoms with Gasteiger partial charge in [0.1, 0.15) is 11.8 Å². The summed E-state index contributed by atoms with van der Waals surface area (Å²) in [5.41, 5.74) is 2.06. The molecule has 0 saturated heterocycles. The van der Waals surface area contributed by atoms with E-state index in [4.69, 9.17) is 16.3 Å². The van der Waals surface area contributed by atoms with Gasteiger partial charge in [0.2, 0.25) is 5.91 Å². The molecular formula is C21H25ClN2O3. The van der Waals surface area contributed by atoms with Crippen LogP contribution in [0.3, 0.4) is 0 Å². The largest absolute Gasteiger partial charge is 0.484 e. The molecular weight excluding hydrogens is 364 g/mol. The van der Waals surface area contributed by atoms with E-state index in [9.17, 15) is 9.59 Å². The first kappa shape index (κ1) is 20.8. The number of hydrogen-bond donors (Lipinski definition) is 1. The van der Waals surface area contributed by atoms with Crippen molar-refractivity contribution in [3.8, 4) is 5.75 Å². The summed E-state index contributed by atoms with van der Waals surface area (Å²) in [4.78, 5) is 26.7. The van der Waals surface area contributed by atoms with Crippen LogP contribution in [0.5, 0.6) is 5.75 Å². The maximum atomic E-state index is 12.8. The van der Waals surface area contributed by atoms with Crippen LogP contribution in [0.15, 0.2) is 48.5 Å². The molecule has 2 rings (SSSR count). The molecule has 0 aromatic heterocycles. The van der Waals surface area contributed by atoms with Crippen molar-refractivity contribution in [1.82, 2.24) is 10.2 Å². The molecule has 5 nitrogen and oxygen atoms in total. The van der Waals surface area contributed by atoms with Crippen LogP contribution in [-0.4, -0.2) is 35.9 Å². The highest BCUT2D eigenvalue weighted by molar-refractivity contribution is 6.30. The molecule has 2 amide bonds. The summed E-state index contributed by atoms with van der Waals surface area (Å²) in [7, 11) is 0. The Morgan fingerprint density at radius 3 is 2.52 bits per heavy atom. The zero-order chi connectivity index (χ0) is 19.8. The summed E-state index contributed by atoms with van der Waals surface area (Å²) in [6, 6.07) is 14.1. The van der Waals surface area contributed by atoms with E-state index in [0.717, 1.165) is 11.1 Å². The van der Waals surface area contributed by atoms with Crippen molar-refractivity contribution >= 4 is 23.4 Å². The number of rotatable bonds is 8. The Morgan fingerprint density at radius 2 is 1.89 bits per heavy atom. The second-order valence-electron chi connectivity index (χ2n) is 6.32. The maximum absolute atomic E-state index is 12.8. The fraction of sp³-hybridized carbons (Fsp3) is 0.333. The van der Waals surface area contributed by atoms with Gasteiger partial charge in [0.25, 0.3) is 5.91 Å². The number of amides is 2. The third-order valence-corrected chi connectivity index (χ3v) is 4.38. The van der Waals surface area contributed by atoms with E-state index >= 15 is 0 Å². The van der Waals surface area contributed by atoms with Crippen molar-refractivity contribution in [2.45, 2.75) is 33.4 Å². The van der Waals surface area contributed by atoms with Crippen molar-refractivity contribution < 1.29 is 14.3 Å².